The standard InChI is InChI=1S/C12H22O5/c1-12(11(13)14,6-8-15-2)17-9-10-5-3-4-7-16-10/h10H,3-9H2,1-2H3,(H,13,14). The normalized spacial score (nSPS) is 24.2. The van der Waals surface area contributed by atoms with Gasteiger partial charge in [-0.1, -0.05) is 0 Å². The largest absolute Gasteiger partial charge is 0.479 e. The lowest BCUT2D eigenvalue weighted by molar-refractivity contribution is -0.172. The van der Waals surface area contributed by atoms with Gasteiger partial charge in [-0.05, 0) is 26.2 Å². The van der Waals surface area contributed by atoms with Gasteiger partial charge in [-0.2, -0.15) is 0 Å². The maximum atomic E-state index is 11.2. The SMILES string of the molecule is COCCC(C)(OCC1CCCCO1)C(=O)O. The number of methoxy groups -OCH3 is 1. The van der Waals surface area contributed by atoms with E-state index in [9.17, 15) is 4.79 Å². The van der Waals surface area contributed by atoms with Gasteiger partial charge in [0.05, 0.1) is 12.7 Å². The Morgan fingerprint density at radius 3 is 2.82 bits per heavy atom. The van der Waals surface area contributed by atoms with Crippen LogP contribution in [0.1, 0.15) is 32.6 Å². The summed E-state index contributed by atoms with van der Waals surface area (Å²) in [6, 6.07) is 0. The number of carboxylic acid groups (broad SMARTS) is 1. The van der Waals surface area contributed by atoms with Crippen LogP contribution < -0.4 is 0 Å². The second-order valence-electron chi connectivity index (χ2n) is 4.58. The summed E-state index contributed by atoms with van der Waals surface area (Å²) in [6.07, 6.45) is 3.52. The molecule has 0 saturated carbocycles. The molecule has 0 amide bonds. The van der Waals surface area contributed by atoms with Crippen LogP contribution in [0, 0.1) is 0 Å². The van der Waals surface area contributed by atoms with E-state index in [-0.39, 0.29) is 6.10 Å². The number of aliphatic carboxylic acids is 1. The van der Waals surface area contributed by atoms with Gasteiger partial charge in [0.25, 0.3) is 0 Å². The van der Waals surface area contributed by atoms with Crippen LogP contribution in [0.15, 0.2) is 0 Å². The molecule has 1 aliphatic rings. The van der Waals surface area contributed by atoms with E-state index >= 15 is 0 Å². The minimum atomic E-state index is -1.18. The molecule has 2 atom stereocenters. The van der Waals surface area contributed by atoms with Crippen molar-refractivity contribution in [1.29, 1.82) is 0 Å². The van der Waals surface area contributed by atoms with Crippen LogP contribution in [-0.4, -0.2) is 49.7 Å². The highest BCUT2D eigenvalue weighted by atomic mass is 16.6. The summed E-state index contributed by atoms with van der Waals surface area (Å²) in [5, 5.41) is 9.17. The molecule has 100 valence electrons. The van der Waals surface area contributed by atoms with E-state index in [2.05, 4.69) is 0 Å². The Morgan fingerprint density at radius 2 is 2.29 bits per heavy atom. The Bertz CT molecular complexity index is 237. The number of hydrogen-bond acceptors (Lipinski definition) is 4. The van der Waals surface area contributed by atoms with Crippen molar-refractivity contribution >= 4 is 5.97 Å². The maximum Gasteiger partial charge on any atom is 0.335 e. The molecule has 5 nitrogen and oxygen atoms in total. The van der Waals surface area contributed by atoms with Crippen LogP contribution >= 0.6 is 0 Å². The molecule has 0 aromatic carbocycles. The van der Waals surface area contributed by atoms with Crippen molar-refractivity contribution in [1.82, 2.24) is 0 Å². The first-order valence-corrected chi connectivity index (χ1v) is 6.06. The minimum absolute atomic E-state index is 0.0324. The molecule has 1 rings (SSSR count). The van der Waals surface area contributed by atoms with Gasteiger partial charge >= 0.3 is 5.97 Å². The van der Waals surface area contributed by atoms with Gasteiger partial charge in [-0.25, -0.2) is 4.79 Å². The van der Waals surface area contributed by atoms with Crippen molar-refractivity contribution in [3.8, 4) is 0 Å². The first kappa shape index (κ1) is 14.4. The molecule has 0 aromatic heterocycles. The Balaban J connectivity index is 2.39. The second-order valence-corrected chi connectivity index (χ2v) is 4.58. The third kappa shape index (κ3) is 4.61. The Morgan fingerprint density at radius 1 is 1.53 bits per heavy atom. The highest BCUT2D eigenvalue weighted by Gasteiger charge is 2.34. The predicted molar refractivity (Wildman–Crippen MR) is 62.1 cm³/mol. The van der Waals surface area contributed by atoms with Crippen LogP contribution in [-0.2, 0) is 19.0 Å². The van der Waals surface area contributed by atoms with Crippen molar-refractivity contribution in [3.05, 3.63) is 0 Å². The molecule has 1 heterocycles. The molecular weight excluding hydrogens is 224 g/mol. The Labute approximate surface area is 102 Å². The molecule has 0 bridgehead atoms. The number of rotatable bonds is 7. The molecule has 0 aromatic rings. The van der Waals surface area contributed by atoms with Gasteiger partial charge < -0.3 is 19.3 Å². The zero-order valence-electron chi connectivity index (χ0n) is 10.6. The summed E-state index contributed by atoms with van der Waals surface area (Å²) in [4.78, 5) is 11.2. The lowest BCUT2D eigenvalue weighted by atomic mass is 10.0. The van der Waals surface area contributed by atoms with Crippen LogP contribution in [0.2, 0.25) is 0 Å². The van der Waals surface area contributed by atoms with Crippen LogP contribution in [0.25, 0.3) is 0 Å². The van der Waals surface area contributed by atoms with E-state index in [1.165, 1.54) is 0 Å². The Kier molecular flexibility index (Phi) is 5.88. The zero-order valence-corrected chi connectivity index (χ0v) is 10.6. The van der Waals surface area contributed by atoms with Gasteiger partial charge in [0.15, 0.2) is 5.60 Å². The highest BCUT2D eigenvalue weighted by Crippen LogP contribution is 2.20. The molecule has 1 N–H and O–H groups in total. The third-order valence-corrected chi connectivity index (χ3v) is 3.10. The molecule has 1 saturated heterocycles. The molecule has 0 aliphatic carbocycles. The molecule has 17 heavy (non-hydrogen) atoms. The smallest absolute Gasteiger partial charge is 0.335 e. The van der Waals surface area contributed by atoms with Gasteiger partial charge in [-0.3, -0.25) is 0 Å². The van der Waals surface area contributed by atoms with E-state index in [4.69, 9.17) is 19.3 Å². The Hall–Kier alpha value is -0.650. The number of ether oxygens (including phenoxy) is 3. The van der Waals surface area contributed by atoms with Gasteiger partial charge in [0.2, 0.25) is 0 Å². The van der Waals surface area contributed by atoms with Crippen molar-refractivity contribution in [2.24, 2.45) is 0 Å². The molecular formula is C12H22O5. The van der Waals surface area contributed by atoms with Crippen LogP contribution in [0.5, 0.6) is 0 Å². The van der Waals surface area contributed by atoms with E-state index in [1.807, 2.05) is 0 Å². The van der Waals surface area contributed by atoms with Crippen molar-refractivity contribution in [3.63, 3.8) is 0 Å². The van der Waals surface area contributed by atoms with Gasteiger partial charge in [0, 0.05) is 26.7 Å². The van der Waals surface area contributed by atoms with E-state index in [0.29, 0.717) is 19.6 Å². The summed E-state index contributed by atoms with van der Waals surface area (Å²) in [5.41, 5.74) is -1.18. The molecule has 0 radical (unpaired) electrons. The summed E-state index contributed by atoms with van der Waals surface area (Å²) in [5.74, 6) is -0.953. The maximum absolute atomic E-state index is 11.2. The average molecular weight is 246 g/mol. The van der Waals surface area contributed by atoms with Crippen molar-refractivity contribution in [2.75, 3.05) is 26.9 Å². The minimum Gasteiger partial charge on any atom is -0.479 e. The van der Waals surface area contributed by atoms with Crippen LogP contribution in [0.4, 0.5) is 0 Å². The van der Waals surface area contributed by atoms with Gasteiger partial charge in [-0.15, -0.1) is 0 Å². The quantitative estimate of drug-likeness (QED) is 0.736. The van der Waals surface area contributed by atoms with Crippen molar-refractivity contribution < 1.29 is 24.1 Å². The zero-order chi connectivity index (χ0) is 12.7. The third-order valence-electron chi connectivity index (χ3n) is 3.10. The lowest BCUT2D eigenvalue weighted by Crippen LogP contribution is -2.42. The highest BCUT2D eigenvalue weighted by molar-refractivity contribution is 5.76. The first-order chi connectivity index (χ1) is 8.08. The van der Waals surface area contributed by atoms with Crippen molar-refractivity contribution in [2.45, 2.75) is 44.3 Å². The van der Waals surface area contributed by atoms with E-state index in [0.717, 1.165) is 25.9 Å². The van der Waals surface area contributed by atoms with Gasteiger partial charge in [0.1, 0.15) is 0 Å². The topological polar surface area (TPSA) is 65.0 Å². The molecule has 2 unspecified atom stereocenters. The van der Waals surface area contributed by atoms with E-state index < -0.39 is 11.6 Å². The molecule has 5 heteroatoms. The fourth-order valence-electron chi connectivity index (χ4n) is 1.75. The average Bonchev–Trinajstić information content (AvgIpc) is 2.35. The second kappa shape index (κ2) is 6.93. The monoisotopic (exact) mass is 246 g/mol. The molecule has 1 fully saturated rings. The fraction of sp³-hybridized carbons (Fsp3) is 0.917. The summed E-state index contributed by atoms with van der Waals surface area (Å²) >= 11 is 0. The van der Waals surface area contributed by atoms with E-state index in [1.54, 1.807) is 14.0 Å². The fourth-order valence-corrected chi connectivity index (χ4v) is 1.75. The first-order valence-electron chi connectivity index (χ1n) is 6.06. The number of carbonyl (C=O) groups is 1. The molecule has 0 spiro atoms. The summed E-state index contributed by atoms with van der Waals surface area (Å²) < 4.78 is 15.9. The summed E-state index contributed by atoms with van der Waals surface area (Å²) in [6.45, 7) is 3.04. The summed E-state index contributed by atoms with van der Waals surface area (Å²) in [7, 11) is 1.55. The number of carboxylic acids is 1. The molecule has 1 aliphatic heterocycles. The van der Waals surface area contributed by atoms with Crippen LogP contribution in [0.3, 0.4) is 0 Å². The lowest BCUT2D eigenvalue weighted by Gasteiger charge is -2.29. The number of hydrogen-bond donors (Lipinski definition) is 1. The predicted octanol–water partition coefficient (Wildman–Crippen LogP) is 1.45.